The highest BCUT2D eigenvalue weighted by atomic mass is 32.2. The van der Waals surface area contributed by atoms with Crippen LogP contribution >= 0.6 is 11.8 Å². The molecule has 0 atom stereocenters. The summed E-state index contributed by atoms with van der Waals surface area (Å²) in [5.74, 6) is 0.921. The number of aryl methyl sites for hydroxylation is 3. The van der Waals surface area contributed by atoms with Crippen molar-refractivity contribution >= 4 is 40.0 Å². The van der Waals surface area contributed by atoms with E-state index in [1.165, 1.54) is 43.2 Å². The maximum absolute atomic E-state index is 6.36. The van der Waals surface area contributed by atoms with Crippen LogP contribution in [0.4, 0.5) is 17.3 Å². The van der Waals surface area contributed by atoms with E-state index < -0.39 is 0 Å². The van der Waals surface area contributed by atoms with Crippen molar-refractivity contribution in [3.05, 3.63) is 77.4 Å². The molecule has 26 heavy (non-hydrogen) atoms. The normalized spacial score (nSPS) is 13.0. The Morgan fingerprint density at radius 1 is 0.846 bits per heavy atom. The van der Waals surface area contributed by atoms with E-state index in [2.05, 4.69) is 74.2 Å². The van der Waals surface area contributed by atoms with Crippen molar-refractivity contribution in [3.63, 3.8) is 0 Å². The molecule has 2 heterocycles. The number of anilines is 3. The third-order valence-electron chi connectivity index (χ3n) is 4.91. The summed E-state index contributed by atoms with van der Waals surface area (Å²) in [5.41, 5.74) is 7.13. The van der Waals surface area contributed by atoms with Gasteiger partial charge in [-0.15, -0.1) is 0 Å². The molecule has 0 fully saturated rings. The maximum atomic E-state index is 6.36. The Labute approximate surface area is 157 Å². The van der Waals surface area contributed by atoms with Crippen molar-refractivity contribution < 1.29 is 4.42 Å². The molecule has 0 saturated carbocycles. The zero-order chi connectivity index (χ0) is 17.8. The lowest BCUT2D eigenvalue weighted by atomic mass is 10.0. The predicted octanol–water partition coefficient (Wildman–Crippen LogP) is 7.29. The van der Waals surface area contributed by atoms with Gasteiger partial charge in [0.15, 0.2) is 0 Å². The van der Waals surface area contributed by atoms with E-state index in [1.807, 2.05) is 12.1 Å². The summed E-state index contributed by atoms with van der Waals surface area (Å²) in [6, 6.07) is 21.4. The smallest absolute Gasteiger partial charge is 0.219 e. The highest BCUT2D eigenvalue weighted by molar-refractivity contribution is 8.00. The van der Waals surface area contributed by atoms with Crippen LogP contribution in [0.5, 0.6) is 0 Å². The fourth-order valence-electron chi connectivity index (χ4n) is 3.95. The molecule has 0 spiro atoms. The van der Waals surface area contributed by atoms with Crippen LogP contribution in [-0.2, 0) is 0 Å². The van der Waals surface area contributed by atoms with Crippen LogP contribution in [0.1, 0.15) is 16.7 Å². The first kappa shape index (κ1) is 15.6. The Bertz CT molecular complexity index is 1140. The first-order valence-corrected chi connectivity index (χ1v) is 9.61. The number of nitrogens with zero attached hydrogens (tertiary/aromatic N) is 1. The third-order valence-corrected chi connectivity index (χ3v) is 6.08. The lowest BCUT2D eigenvalue weighted by Crippen LogP contribution is -2.16. The molecule has 128 valence electrons. The second-order valence-electron chi connectivity index (χ2n) is 6.89. The third kappa shape index (κ3) is 2.20. The molecule has 0 saturated heterocycles. The van der Waals surface area contributed by atoms with Crippen molar-refractivity contribution in [2.75, 3.05) is 4.90 Å². The van der Waals surface area contributed by atoms with E-state index in [4.69, 9.17) is 4.42 Å². The second-order valence-corrected chi connectivity index (χ2v) is 7.94. The zero-order valence-electron chi connectivity index (χ0n) is 15.0. The van der Waals surface area contributed by atoms with Crippen LogP contribution in [0.3, 0.4) is 0 Å². The lowest BCUT2D eigenvalue weighted by Gasteiger charge is -2.31. The van der Waals surface area contributed by atoms with Crippen LogP contribution in [0.25, 0.3) is 11.0 Å². The van der Waals surface area contributed by atoms with Crippen LogP contribution < -0.4 is 4.90 Å². The Hall–Kier alpha value is -2.65. The van der Waals surface area contributed by atoms with Crippen LogP contribution in [0, 0.1) is 20.8 Å². The van der Waals surface area contributed by atoms with E-state index in [1.54, 1.807) is 11.8 Å². The average molecular weight is 357 g/mol. The van der Waals surface area contributed by atoms with Crippen molar-refractivity contribution in [1.29, 1.82) is 0 Å². The summed E-state index contributed by atoms with van der Waals surface area (Å²) in [6.07, 6.45) is 0. The minimum absolute atomic E-state index is 0.921. The minimum atomic E-state index is 0.921. The molecular formula is C23H19NOS. The van der Waals surface area contributed by atoms with E-state index >= 15 is 0 Å². The van der Waals surface area contributed by atoms with Crippen molar-refractivity contribution in [2.24, 2.45) is 0 Å². The van der Waals surface area contributed by atoms with Crippen LogP contribution in [0.15, 0.2) is 74.9 Å². The van der Waals surface area contributed by atoms with Crippen molar-refractivity contribution in [1.82, 2.24) is 0 Å². The van der Waals surface area contributed by atoms with Gasteiger partial charge in [-0.1, -0.05) is 53.7 Å². The molecule has 3 heteroatoms. The molecular weight excluding hydrogens is 338 g/mol. The monoisotopic (exact) mass is 357 g/mol. The number of fused-ring (bicyclic) bond motifs is 4. The standard InChI is InChI=1S/C23H19NOS/c1-14-12-15(2)21(16(3)13-14)24-18-9-5-7-11-20(18)26-22-17-8-4-6-10-19(17)25-23(22)24/h4-13H,1-3H3. The topological polar surface area (TPSA) is 16.4 Å². The van der Waals surface area contributed by atoms with Gasteiger partial charge in [0.25, 0.3) is 0 Å². The fraction of sp³-hybridized carbons (Fsp3) is 0.130. The van der Waals surface area contributed by atoms with E-state index in [9.17, 15) is 0 Å². The van der Waals surface area contributed by atoms with Gasteiger partial charge >= 0.3 is 0 Å². The molecule has 0 amide bonds. The summed E-state index contributed by atoms with van der Waals surface area (Å²) < 4.78 is 6.36. The fourth-order valence-corrected chi connectivity index (χ4v) is 5.08. The number of rotatable bonds is 1. The molecule has 3 aromatic carbocycles. The molecule has 4 aromatic rings. The second kappa shape index (κ2) is 5.68. The van der Waals surface area contributed by atoms with Gasteiger partial charge < -0.3 is 4.42 Å². The summed E-state index contributed by atoms with van der Waals surface area (Å²) >= 11 is 1.80. The molecule has 1 aliphatic heterocycles. The molecule has 2 nitrogen and oxygen atoms in total. The Balaban J connectivity index is 1.86. The first-order valence-electron chi connectivity index (χ1n) is 8.80. The highest BCUT2D eigenvalue weighted by Gasteiger charge is 2.31. The number of hydrogen-bond acceptors (Lipinski definition) is 3. The molecule has 1 aromatic heterocycles. The van der Waals surface area contributed by atoms with E-state index in [0.717, 1.165) is 11.5 Å². The van der Waals surface area contributed by atoms with Gasteiger partial charge in [0.2, 0.25) is 5.88 Å². The minimum Gasteiger partial charge on any atom is -0.439 e. The van der Waals surface area contributed by atoms with Crippen molar-refractivity contribution in [3.8, 4) is 0 Å². The zero-order valence-corrected chi connectivity index (χ0v) is 15.9. The van der Waals surface area contributed by atoms with Gasteiger partial charge in [-0.3, -0.25) is 4.90 Å². The number of para-hydroxylation sites is 2. The summed E-state index contributed by atoms with van der Waals surface area (Å²) in [6.45, 7) is 6.51. The molecule has 0 unspecified atom stereocenters. The molecule has 1 aliphatic rings. The van der Waals surface area contributed by atoms with Crippen molar-refractivity contribution in [2.45, 2.75) is 30.6 Å². The summed E-state index contributed by atoms with van der Waals surface area (Å²) in [7, 11) is 0. The number of furan rings is 1. The number of hydrogen-bond donors (Lipinski definition) is 0. The summed E-state index contributed by atoms with van der Waals surface area (Å²) in [5, 5.41) is 1.18. The van der Waals surface area contributed by atoms with Gasteiger partial charge in [-0.2, -0.15) is 0 Å². The first-order chi connectivity index (χ1) is 12.6. The quantitative estimate of drug-likeness (QED) is 0.313. The average Bonchev–Trinajstić information content (AvgIpc) is 2.99. The SMILES string of the molecule is Cc1cc(C)c(N2c3ccccc3Sc3c2oc2ccccc32)c(C)c1. The predicted molar refractivity (Wildman–Crippen MR) is 109 cm³/mol. The molecule has 0 bridgehead atoms. The van der Waals surface area contributed by atoms with Gasteiger partial charge in [0.05, 0.1) is 16.3 Å². The summed E-state index contributed by atoms with van der Waals surface area (Å²) in [4.78, 5) is 4.75. The van der Waals surface area contributed by atoms with E-state index in [-0.39, 0.29) is 0 Å². The van der Waals surface area contributed by atoms with E-state index in [0.29, 0.717) is 0 Å². The maximum Gasteiger partial charge on any atom is 0.219 e. The highest BCUT2D eigenvalue weighted by Crippen LogP contribution is 2.55. The van der Waals surface area contributed by atoms with Crippen LogP contribution in [-0.4, -0.2) is 0 Å². The Morgan fingerprint density at radius 2 is 1.54 bits per heavy atom. The largest absolute Gasteiger partial charge is 0.439 e. The van der Waals surface area contributed by atoms with Gasteiger partial charge in [0.1, 0.15) is 5.58 Å². The van der Waals surface area contributed by atoms with Gasteiger partial charge in [-0.05, 0) is 56.2 Å². The Morgan fingerprint density at radius 3 is 2.35 bits per heavy atom. The Kier molecular flexibility index (Phi) is 3.41. The van der Waals surface area contributed by atoms with Crippen LogP contribution in [0.2, 0.25) is 0 Å². The van der Waals surface area contributed by atoms with Gasteiger partial charge in [0, 0.05) is 10.3 Å². The molecule has 0 radical (unpaired) electrons. The molecule has 0 N–H and O–H groups in total. The molecule has 5 rings (SSSR count). The number of benzene rings is 3. The van der Waals surface area contributed by atoms with Gasteiger partial charge in [-0.25, -0.2) is 0 Å². The molecule has 0 aliphatic carbocycles. The lowest BCUT2D eigenvalue weighted by molar-refractivity contribution is 0.611.